The fraction of sp³-hybridized carbons (Fsp3) is 0.286. The molecule has 1 amide bonds. The molecule has 3 rings (SSSR count). The van der Waals surface area contributed by atoms with Gasteiger partial charge in [0.2, 0.25) is 0 Å². The van der Waals surface area contributed by atoms with Gasteiger partial charge in [-0.2, -0.15) is 0 Å². The minimum atomic E-state index is -0.115. The average molecular weight is 397 g/mol. The van der Waals surface area contributed by atoms with Gasteiger partial charge in [-0.3, -0.25) is 4.79 Å². The van der Waals surface area contributed by atoms with Gasteiger partial charge in [-0.15, -0.1) is 11.8 Å². The summed E-state index contributed by atoms with van der Waals surface area (Å²) in [7, 11) is 2.01. The number of hydrogen-bond donors (Lipinski definition) is 1. The van der Waals surface area contributed by atoms with E-state index in [1.165, 1.54) is 11.8 Å². The SMILES string of the molecule is Cc1noc(C)c1CSc1ncccc1C(=O)NCCN(C)c1ccccc1. The van der Waals surface area contributed by atoms with Crippen LogP contribution in [0.3, 0.4) is 0 Å². The molecule has 0 aliphatic rings. The molecule has 0 spiro atoms. The van der Waals surface area contributed by atoms with Crippen LogP contribution in [0.15, 0.2) is 58.2 Å². The number of hydrogen-bond acceptors (Lipinski definition) is 6. The summed E-state index contributed by atoms with van der Waals surface area (Å²) in [5.74, 6) is 1.35. The molecule has 1 N–H and O–H groups in total. The second kappa shape index (κ2) is 9.41. The van der Waals surface area contributed by atoms with Crippen molar-refractivity contribution < 1.29 is 9.32 Å². The molecule has 3 aromatic rings. The molecule has 6 nitrogen and oxygen atoms in total. The smallest absolute Gasteiger partial charge is 0.254 e. The summed E-state index contributed by atoms with van der Waals surface area (Å²) in [6.45, 7) is 5.08. The first-order valence-electron chi connectivity index (χ1n) is 9.10. The number of aryl methyl sites for hydroxylation is 2. The number of carbonyl (C=O) groups excluding carboxylic acids is 1. The maximum atomic E-state index is 12.7. The molecule has 146 valence electrons. The van der Waals surface area contributed by atoms with E-state index >= 15 is 0 Å². The summed E-state index contributed by atoms with van der Waals surface area (Å²) in [5.41, 5.74) is 3.62. The Balaban J connectivity index is 1.58. The van der Waals surface area contributed by atoms with Gasteiger partial charge in [-0.25, -0.2) is 4.98 Å². The quantitative estimate of drug-likeness (QED) is 0.583. The molecule has 7 heteroatoms. The summed E-state index contributed by atoms with van der Waals surface area (Å²) in [6.07, 6.45) is 1.70. The molecule has 2 aromatic heterocycles. The maximum Gasteiger partial charge on any atom is 0.254 e. The van der Waals surface area contributed by atoms with Gasteiger partial charge in [0.05, 0.1) is 11.3 Å². The Bertz CT molecular complexity index is 908. The van der Waals surface area contributed by atoms with E-state index in [4.69, 9.17) is 4.52 Å². The highest BCUT2D eigenvalue weighted by molar-refractivity contribution is 7.98. The molecule has 28 heavy (non-hydrogen) atoms. The Kier molecular flexibility index (Phi) is 6.71. The fourth-order valence-electron chi connectivity index (χ4n) is 2.77. The number of thioether (sulfide) groups is 1. The molecule has 0 bridgehead atoms. The molecule has 0 saturated heterocycles. The molecule has 0 radical (unpaired) electrons. The predicted molar refractivity (Wildman–Crippen MR) is 112 cm³/mol. The lowest BCUT2D eigenvalue weighted by Crippen LogP contribution is -2.33. The summed E-state index contributed by atoms with van der Waals surface area (Å²) in [4.78, 5) is 19.2. The van der Waals surface area contributed by atoms with E-state index in [0.29, 0.717) is 22.9 Å². The second-order valence-corrected chi connectivity index (χ2v) is 7.42. The van der Waals surface area contributed by atoms with Crippen molar-refractivity contribution in [3.05, 3.63) is 71.2 Å². The van der Waals surface area contributed by atoms with Gasteiger partial charge in [0.15, 0.2) is 0 Å². The number of amides is 1. The number of likely N-dealkylation sites (N-methyl/N-ethyl adjacent to an activating group) is 1. The topological polar surface area (TPSA) is 71.3 Å². The third kappa shape index (κ3) is 4.92. The summed E-state index contributed by atoms with van der Waals surface area (Å²) in [6, 6.07) is 13.7. The van der Waals surface area contributed by atoms with Gasteiger partial charge in [-0.1, -0.05) is 23.4 Å². The van der Waals surface area contributed by atoms with Crippen molar-refractivity contribution in [2.75, 3.05) is 25.0 Å². The first-order valence-corrected chi connectivity index (χ1v) is 10.1. The van der Waals surface area contributed by atoms with Gasteiger partial charge in [0, 0.05) is 43.3 Å². The molecule has 0 saturated carbocycles. The van der Waals surface area contributed by atoms with E-state index in [0.717, 1.165) is 29.2 Å². The van der Waals surface area contributed by atoms with Gasteiger partial charge in [-0.05, 0) is 38.1 Å². The molecule has 0 fully saturated rings. The Labute approximate surface area is 169 Å². The van der Waals surface area contributed by atoms with Crippen LogP contribution >= 0.6 is 11.8 Å². The van der Waals surface area contributed by atoms with Crippen LogP contribution in [-0.4, -0.2) is 36.2 Å². The Hall–Kier alpha value is -2.80. The molecule has 2 heterocycles. The summed E-state index contributed by atoms with van der Waals surface area (Å²) >= 11 is 1.52. The predicted octanol–water partition coefficient (Wildman–Crippen LogP) is 3.84. The Morgan fingerprint density at radius 2 is 1.96 bits per heavy atom. The number of anilines is 1. The number of aromatic nitrogens is 2. The molecule has 1 aromatic carbocycles. The minimum Gasteiger partial charge on any atom is -0.373 e. The monoisotopic (exact) mass is 396 g/mol. The largest absolute Gasteiger partial charge is 0.373 e. The zero-order chi connectivity index (χ0) is 19.9. The summed E-state index contributed by atoms with van der Waals surface area (Å²) in [5, 5.41) is 7.67. The highest BCUT2D eigenvalue weighted by Crippen LogP contribution is 2.27. The Morgan fingerprint density at radius 1 is 1.18 bits per heavy atom. The number of para-hydroxylation sites is 1. The number of nitrogens with one attached hydrogen (secondary N) is 1. The third-order valence-corrected chi connectivity index (χ3v) is 5.51. The van der Waals surface area contributed by atoms with E-state index in [1.807, 2.05) is 51.2 Å². The van der Waals surface area contributed by atoms with Crippen molar-refractivity contribution in [3.63, 3.8) is 0 Å². The van der Waals surface area contributed by atoms with Gasteiger partial charge in [0.25, 0.3) is 5.91 Å². The van der Waals surface area contributed by atoms with Gasteiger partial charge < -0.3 is 14.7 Å². The molecule has 0 atom stereocenters. The molecular formula is C21H24N4O2S. The lowest BCUT2D eigenvalue weighted by molar-refractivity contribution is 0.0951. The zero-order valence-corrected chi connectivity index (χ0v) is 17.1. The Morgan fingerprint density at radius 3 is 2.68 bits per heavy atom. The minimum absolute atomic E-state index is 0.115. The van der Waals surface area contributed by atoms with Crippen molar-refractivity contribution in [3.8, 4) is 0 Å². The average Bonchev–Trinajstić information content (AvgIpc) is 3.04. The van der Waals surface area contributed by atoms with Crippen LogP contribution in [0.5, 0.6) is 0 Å². The van der Waals surface area contributed by atoms with E-state index in [9.17, 15) is 4.79 Å². The molecule has 0 unspecified atom stereocenters. The van der Waals surface area contributed by atoms with Crippen LogP contribution in [0, 0.1) is 13.8 Å². The first-order chi connectivity index (χ1) is 13.6. The van der Waals surface area contributed by atoms with Gasteiger partial charge >= 0.3 is 0 Å². The molecule has 0 aliphatic carbocycles. The lowest BCUT2D eigenvalue weighted by Gasteiger charge is -2.19. The fourth-order valence-corrected chi connectivity index (χ4v) is 3.92. The van der Waals surface area contributed by atoms with Crippen LogP contribution in [-0.2, 0) is 5.75 Å². The van der Waals surface area contributed by atoms with Crippen LogP contribution in [0.1, 0.15) is 27.4 Å². The number of benzene rings is 1. The zero-order valence-electron chi connectivity index (χ0n) is 16.3. The van der Waals surface area contributed by atoms with Crippen LogP contribution in [0.4, 0.5) is 5.69 Å². The van der Waals surface area contributed by atoms with Crippen molar-refractivity contribution >= 4 is 23.4 Å². The third-order valence-electron chi connectivity index (χ3n) is 4.48. The van der Waals surface area contributed by atoms with E-state index in [2.05, 4.69) is 20.4 Å². The van der Waals surface area contributed by atoms with E-state index in [-0.39, 0.29) is 5.91 Å². The van der Waals surface area contributed by atoms with Crippen molar-refractivity contribution in [2.45, 2.75) is 24.6 Å². The number of carbonyl (C=O) groups is 1. The lowest BCUT2D eigenvalue weighted by atomic mass is 10.2. The van der Waals surface area contributed by atoms with Crippen molar-refractivity contribution in [1.82, 2.24) is 15.5 Å². The van der Waals surface area contributed by atoms with Crippen molar-refractivity contribution in [1.29, 1.82) is 0 Å². The normalized spacial score (nSPS) is 10.7. The highest BCUT2D eigenvalue weighted by Gasteiger charge is 2.15. The second-order valence-electron chi connectivity index (χ2n) is 6.46. The van der Waals surface area contributed by atoms with E-state index in [1.54, 1.807) is 18.3 Å². The number of nitrogens with zero attached hydrogens (tertiary/aromatic N) is 3. The number of pyridine rings is 1. The van der Waals surface area contributed by atoms with Crippen LogP contribution in [0.25, 0.3) is 0 Å². The van der Waals surface area contributed by atoms with E-state index < -0.39 is 0 Å². The molecular weight excluding hydrogens is 372 g/mol. The number of rotatable bonds is 8. The van der Waals surface area contributed by atoms with Crippen LogP contribution < -0.4 is 10.2 Å². The van der Waals surface area contributed by atoms with Crippen molar-refractivity contribution in [2.24, 2.45) is 0 Å². The standard InChI is InChI=1S/C21H24N4O2S/c1-15-19(16(2)27-24-15)14-28-21-18(10-7-11-23-21)20(26)22-12-13-25(3)17-8-5-4-6-9-17/h4-11H,12-14H2,1-3H3,(H,22,26). The van der Waals surface area contributed by atoms with Crippen LogP contribution in [0.2, 0.25) is 0 Å². The highest BCUT2D eigenvalue weighted by atomic mass is 32.2. The maximum absolute atomic E-state index is 12.7. The van der Waals surface area contributed by atoms with Gasteiger partial charge in [0.1, 0.15) is 10.8 Å². The first kappa shape index (κ1) is 19.9. The summed E-state index contributed by atoms with van der Waals surface area (Å²) < 4.78 is 5.21. The molecule has 0 aliphatic heterocycles.